The van der Waals surface area contributed by atoms with E-state index in [4.69, 9.17) is 4.98 Å². The number of aliphatic carboxylic acids is 1. The standard InChI is InChI=1S/C23H26N4O3S2/c1-14(3-7-20-24-12-16(31-2)13-25-20)4-8-21-26-17-6-5-15(11-19(17)32-21)22(28)27-10-9-18(27)23(29)30/h5-6,11-14,18H,3-4,7-10H2,1-2H3,(H,29,30)/t14-,18?/m0/s1. The number of carboxylic acids is 1. The molecule has 0 aliphatic carbocycles. The van der Waals surface area contributed by atoms with E-state index in [1.54, 1.807) is 29.2 Å². The molecule has 1 fully saturated rings. The van der Waals surface area contributed by atoms with Gasteiger partial charge in [0.05, 0.1) is 15.2 Å². The van der Waals surface area contributed by atoms with Gasteiger partial charge in [0.15, 0.2) is 0 Å². The maximum atomic E-state index is 12.7. The summed E-state index contributed by atoms with van der Waals surface area (Å²) in [6, 6.07) is 4.74. The van der Waals surface area contributed by atoms with Crippen LogP contribution in [0.1, 0.15) is 47.4 Å². The number of hydrogen-bond acceptors (Lipinski definition) is 7. The van der Waals surface area contributed by atoms with Gasteiger partial charge in [-0.2, -0.15) is 0 Å². The number of aromatic nitrogens is 3. The zero-order valence-electron chi connectivity index (χ0n) is 18.2. The van der Waals surface area contributed by atoms with Crippen LogP contribution in [-0.2, 0) is 17.6 Å². The van der Waals surface area contributed by atoms with Crippen molar-refractivity contribution in [2.75, 3.05) is 12.8 Å². The molecule has 1 amide bonds. The number of thiazole rings is 1. The van der Waals surface area contributed by atoms with Crippen LogP contribution in [0.5, 0.6) is 0 Å². The van der Waals surface area contributed by atoms with E-state index < -0.39 is 12.0 Å². The highest BCUT2D eigenvalue weighted by molar-refractivity contribution is 7.98. The first-order valence-corrected chi connectivity index (χ1v) is 12.8. The fourth-order valence-electron chi connectivity index (χ4n) is 3.73. The van der Waals surface area contributed by atoms with Gasteiger partial charge in [0, 0.05) is 35.8 Å². The van der Waals surface area contributed by atoms with Crippen molar-refractivity contribution in [2.45, 2.75) is 50.0 Å². The van der Waals surface area contributed by atoms with Gasteiger partial charge >= 0.3 is 5.97 Å². The highest BCUT2D eigenvalue weighted by Gasteiger charge is 2.37. The predicted molar refractivity (Wildman–Crippen MR) is 126 cm³/mol. The summed E-state index contributed by atoms with van der Waals surface area (Å²) in [6.45, 7) is 2.73. The number of carboxylic acid groups (broad SMARTS) is 1. The molecule has 2 atom stereocenters. The number of aryl methyl sites for hydroxylation is 2. The Kier molecular flexibility index (Phi) is 7.05. The van der Waals surface area contributed by atoms with E-state index in [1.807, 2.05) is 30.8 Å². The van der Waals surface area contributed by atoms with Gasteiger partial charge in [0.25, 0.3) is 5.91 Å². The molecule has 0 saturated carbocycles. The van der Waals surface area contributed by atoms with Crippen LogP contribution in [0.25, 0.3) is 10.2 Å². The van der Waals surface area contributed by atoms with Crippen molar-refractivity contribution in [1.82, 2.24) is 19.9 Å². The molecule has 168 valence electrons. The molecule has 2 aromatic heterocycles. The van der Waals surface area contributed by atoms with Crippen LogP contribution in [0, 0.1) is 5.92 Å². The molecular weight excluding hydrogens is 444 g/mol. The Morgan fingerprint density at radius 2 is 2.00 bits per heavy atom. The number of carbonyl (C=O) groups is 2. The summed E-state index contributed by atoms with van der Waals surface area (Å²) in [7, 11) is 0. The second kappa shape index (κ2) is 9.95. The highest BCUT2D eigenvalue weighted by Crippen LogP contribution is 2.28. The fourth-order valence-corrected chi connectivity index (χ4v) is 5.07. The predicted octanol–water partition coefficient (Wildman–Crippen LogP) is 4.31. The molecular formula is C23H26N4O3S2. The zero-order valence-corrected chi connectivity index (χ0v) is 19.8. The van der Waals surface area contributed by atoms with E-state index in [-0.39, 0.29) is 5.91 Å². The van der Waals surface area contributed by atoms with Gasteiger partial charge in [-0.25, -0.2) is 19.7 Å². The molecule has 3 aromatic rings. The van der Waals surface area contributed by atoms with E-state index in [9.17, 15) is 14.7 Å². The maximum Gasteiger partial charge on any atom is 0.326 e. The third kappa shape index (κ3) is 5.10. The molecule has 1 aliphatic heterocycles. The van der Waals surface area contributed by atoms with Gasteiger partial charge in [-0.1, -0.05) is 6.92 Å². The van der Waals surface area contributed by atoms with Crippen molar-refractivity contribution >= 4 is 45.2 Å². The average molecular weight is 471 g/mol. The Labute approximate surface area is 195 Å². The average Bonchev–Trinajstić information content (AvgIpc) is 3.17. The first-order chi connectivity index (χ1) is 15.4. The minimum atomic E-state index is -0.941. The molecule has 0 spiro atoms. The number of thioether (sulfide) groups is 1. The van der Waals surface area contributed by atoms with Crippen LogP contribution in [0.2, 0.25) is 0 Å². The van der Waals surface area contributed by atoms with E-state index >= 15 is 0 Å². The largest absolute Gasteiger partial charge is 0.480 e. The first kappa shape index (κ1) is 22.7. The van der Waals surface area contributed by atoms with E-state index in [0.717, 1.165) is 51.6 Å². The lowest BCUT2D eigenvalue weighted by molar-refractivity contribution is -0.146. The molecule has 32 heavy (non-hydrogen) atoms. The number of nitrogens with zero attached hydrogens (tertiary/aromatic N) is 4. The molecule has 1 aliphatic rings. The number of hydrogen-bond donors (Lipinski definition) is 1. The topological polar surface area (TPSA) is 96.3 Å². The molecule has 1 N–H and O–H groups in total. The molecule has 1 aromatic carbocycles. The number of fused-ring (bicyclic) bond motifs is 1. The number of benzene rings is 1. The summed E-state index contributed by atoms with van der Waals surface area (Å²) in [4.78, 5) is 39.9. The van der Waals surface area contributed by atoms with Gasteiger partial charge in [-0.05, 0) is 56.1 Å². The summed E-state index contributed by atoms with van der Waals surface area (Å²) in [5.74, 6) is 0.256. The monoisotopic (exact) mass is 470 g/mol. The molecule has 7 nitrogen and oxygen atoms in total. The fraction of sp³-hybridized carbons (Fsp3) is 0.435. The summed E-state index contributed by atoms with van der Waals surface area (Å²) in [6.07, 6.45) is 10.1. The Bertz CT molecular complexity index is 1120. The van der Waals surface area contributed by atoms with Crippen LogP contribution < -0.4 is 0 Å². The third-order valence-corrected chi connectivity index (χ3v) is 7.63. The summed E-state index contributed by atoms with van der Waals surface area (Å²) >= 11 is 3.25. The van der Waals surface area contributed by atoms with Crippen molar-refractivity contribution in [3.8, 4) is 0 Å². The van der Waals surface area contributed by atoms with E-state index in [0.29, 0.717) is 24.4 Å². The van der Waals surface area contributed by atoms with Crippen molar-refractivity contribution in [3.05, 3.63) is 47.0 Å². The SMILES string of the molecule is CSc1cnc(CC[C@H](C)CCc2nc3ccc(C(=O)N4CCC4C(=O)O)cc3s2)nc1. The Hall–Kier alpha value is -2.52. The molecule has 9 heteroatoms. The van der Waals surface area contributed by atoms with Gasteiger partial charge in [-0.3, -0.25) is 4.79 Å². The van der Waals surface area contributed by atoms with Crippen LogP contribution in [0.15, 0.2) is 35.5 Å². The molecule has 0 radical (unpaired) electrons. The van der Waals surface area contributed by atoms with Crippen molar-refractivity contribution < 1.29 is 14.7 Å². The molecule has 1 saturated heterocycles. The number of amides is 1. The minimum absolute atomic E-state index is 0.220. The lowest BCUT2D eigenvalue weighted by Gasteiger charge is -2.37. The summed E-state index contributed by atoms with van der Waals surface area (Å²) in [5, 5.41) is 10.3. The quantitative estimate of drug-likeness (QED) is 0.466. The molecule has 0 bridgehead atoms. The Morgan fingerprint density at radius 3 is 2.66 bits per heavy atom. The Morgan fingerprint density at radius 1 is 1.25 bits per heavy atom. The van der Waals surface area contributed by atoms with Gasteiger partial charge in [-0.15, -0.1) is 23.1 Å². The maximum absolute atomic E-state index is 12.7. The lowest BCUT2D eigenvalue weighted by atomic mass is 10.00. The zero-order chi connectivity index (χ0) is 22.7. The van der Waals surface area contributed by atoms with Crippen molar-refractivity contribution in [1.29, 1.82) is 0 Å². The number of carbonyl (C=O) groups excluding carboxylic acids is 1. The third-order valence-electron chi connectivity index (χ3n) is 5.87. The summed E-state index contributed by atoms with van der Waals surface area (Å²) in [5.41, 5.74) is 1.41. The van der Waals surface area contributed by atoms with Crippen LogP contribution >= 0.6 is 23.1 Å². The van der Waals surface area contributed by atoms with Crippen molar-refractivity contribution in [2.24, 2.45) is 5.92 Å². The smallest absolute Gasteiger partial charge is 0.326 e. The number of likely N-dealkylation sites (tertiary alicyclic amines) is 1. The normalized spacial score (nSPS) is 16.7. The second-order valence-electron chi connectivity index (χ2n) is 8.15. The van der Waals surface area contributed by atoms with Crippen molar-refractivity contribution in [3.63, 3.8) is 0 Å². The van der Waals surface area contributed by atoms with Crippen LogP contribution in [0.4, 0.5) is 0 Å². The highest BCUT2D eigenvalue weighted by atomic mass is 32.2. The Balaban J connectivity index is 1.32. The van der Waals surface area contributed by atoms with Gasteiger partial charge < -0.3 is 10.0 Å². The minimum Gasteiger partial charge on any atom is -0.480 e. The van der Waals surface area contributed by atoms with E-state index in [2.05, 4.69) is 16.9 Å². The van der Waals surface area contributed by atoms with Gasteiger partial charge in [0.2, 0.25) is 0 Å². The molecule has 3 heterocycles. The van der Waals surface area contributed by atoms with Crippen LogP contribution in [-0.4, -0.2) is 55.7 Å². The second-order valence-corrected chi connectivity index (χ2v) is 10.1. The van der Waals surface area contributed by atoms with E-state index in [1.165, 1.54) is 4.90 Å². The number of rotatable bonds is 9. The lowest BCUT2D eigenvalue weighted by Crippen LogP contribution is -2.55. The molecule has 4 rings (SSSR count). The van der Waals surface area contributed by atoms with Gasteiger partial charge in [0.1, 0.15) is 11.9 Å². The first-order valence-electron chi connectivity index (χ1n) is 10.7. The van der Waals surface area contributed by atoms with Crippen LogP contribution in [0.3, 0.4) is 0 Å². The summed E-state index contributed by atoms with van der Waals surface area (Å²) < 4.78 is 0.966. The molecule has 1 unspecified atom stereocenters.